The number of aliphatic hydroxyl groups excluding tert-OH is 1. The molecule has 0 aliphatic carbocycles. The summed E-state index contributed by atoms with van der Waals surface area (Å²) in [4.78, 5) is 8.82. The molecule has 0 saturated carbocycles. The summed E-state index contributed by atoms with van der Waals surface area (Å²) < 4.78 is 25.1. The molecular formula is C23H19FN2O3S. The third kappa shape index (κ3) is 3.86. The number of benzene rings is 2. The van der Waals surface area contributed by atoms with E-state index in [0.717, 1.165) is 27.2 Å². The quantitative estimate of drug-likeness (QED) is 0.505. The Bertz CT molecular complexity index is 1180. The molecule has 3 heterocycles. The Hall–Kier alpha value is -3.03. The Morgan fingerprint density at radius 2 is 2.10 bits per heavy atom. The van der Waals surface area contributed by atoms with Gasteiger partial charge < -0.3 is 14.6 Å². The first-order chi connectivity index (χ1) is 14.7. The van der Waals surface area contributed by atoms with Gasteiger partial charge in [0.15, 0.2) is 0 Å². The Kier molecular flexibility index (Phi) is 5.06. The van der Waals surface area contributed by atoms with Gasteiger partial charge in [-0.25, -0.2) is 14.4 Å². The fourth-order valence-corrected chi connectivity index (χ4v) is 4.36. The molecule has 4 aromatic rings. The van der Waals surface area contributed by atoms with Crippen molar-refractivity contribution in [2.45, 2.75) is 19.1 Å². The zero-order chi connectivity index (χ0) is 20.5. The average Bonchev–Trinajstić information content (AvgIpc) is 3.27. The van der Waals surface area contributed by atoms with E-state index in [9.17, 15) is 9.50 Å². The number of halogens is 1. The highest BCUT2D eigenvalue weighted by Gasteiger charge is 2.30. The minimum atomic E-state index is -0.644. The maximum Gasteiger partial charge on any atom is 0.130 e. The normalized spacial score (nSPS) is 18.1. The molecule has 1 aliphatic heterocycles. The lowest BCUT2D eigenvalue weighted by molar-refractivity contribution is 0.0504. The fraction of sp³-hybridized carbons (Fsp3) is 0.217. The van der Waals surface area contributed by atoms with E-state index in [-0.39, 0.29) is 18.3 Å². The molecule has 2 aromatic carbocycles. The second-order valence-electron chi connectivity index (χ2n) is 7.27. The topological polar surface area (TPSA) is 64.5 Å². The fourth-order valence-electron chi connectivity index (χ4n) is 3.65. The van der Waals surface area contributed by atoms with Crippen LogP contribution in [0, 0.1) is 11.7 Å². The van der Waals surface area contributed by atoms with Gasteiger partial charge in [0, 0.05) is 34.9 Å². The van der Waals surface area contributed by atoms with Crippen LogP contribution in [0.15, 0.2) is 60.1 Å². The largest absolute Gasteiger partial charge is 0.493 e. The van der Waals surface area contributed by atoms with Gasteiger partial charge in [-0.3, -0.25) is 0 Å². The molecule has 152 valence electrons. The third-order valence-electron chi connectivity index (χ3n) is 5.22. The van der Waals surface area contributed by atoms with Crippen molar-refractivity contribution in [2.24, 2.45) is 5.92 Å². The van der Waals surface area contributed by atoms with Crippen molar-refractivity contribution in [3.8, 4) is 11.5 Å². The Morgan fingerprint density at radius 3 is 2.97 bits per heavy atom. The lowest BCUT2D eigenvalue weighted by Crippen LogP contribution is -2.27. The smallest absolute Gasteiger partial charge is 0.130 e. The number of thiazole rings is 1. The number of rotatable bonds is 5. The Labute approximate surface area is 176 Å². The number of hydrogen-bond acceptors (Lipinski definition) is 6. The number of ether oxygens (including phenoxy) is 2. The van der Waals surface area contributed by atoms with Crippen LogP contribution < -0.4 is 9.47 Å². The van der Waals surface area contributed by atoms with Gasteiger partial charge in [-0.2, -0.15) is 0 Å². The van der Waals surface area contributed by atoms with Crippen LogP contribution in [0.4, 0.5) is 4.39 Å². The minimum absolute atomic E-state index is 0.0542. The Morgan fingerprint density at radius 1 is 1.17 bits per heavy atom. The predicted octanol–water partition coefficient (Wildman–Crippen LogP) is 4.69. The van der Waals surface area contributed by atoms with Gasteiger partial charge in [0.1, 0.15) is 23.9 Å². The molecule has 7 heteroatoms. The first kappa shape index (κ1) is 19.0. The van der Waals surface area contributed by atoms with E-state index in [1.54, 1.807) is 23.6 Å². The zero-order valence-corrected chi connectivity index (χ0v) is 16.8. The summed E-state index contributed by atoms with van der Waals surface area (Å²) in [6.07, 6.45) is 1.80. The van der Waals surface area contributed by atoms with Gasteiger partial charge in [0.2, 0.25) is 0 Å². The van der Waals surface area contributed by atoms with E-state index in [2.05, 4.69) is 9.97 Å². The van der Waals surface area contributed by atoms with E-state index < -0.39 is 6.10 Å². The van der Waals surface area contributed by atoms with Crippen molar-refractivity contribution >= 4 is 22.2 Å². The molecule has 0 saturated heterocycles. The molecule has 2 atom stereocenters. The summed E-state index contributed by atoms with van der Waals surface area (Å²) in [5, 5.41) is 14.5. The summed E-state index contributed by atoms with van der Waals surface area (Å²) in [6, 6.07) is 13.6. The maximum absolute atomic E-state index is 13.3. The average molecular weight is 422 g/mol. The van der Waals surface area contributed by atoms with Crippen molar-refractivity contribution in [2.75, 3.05) is 6.61 Å². The van der Waals surface area contributed by atoms with Crippen LogP contribution in [0.2, 0.25) is 0 Å². The molecule has 30 heavy (non-hydrogen) atoms. The van der Waals surface area contributed by atoms with E-state index in [4.69, 9.17) is 9.47 Å². The molecule has 1 aliphatic rings. The lowest BCUT2D eigenvalue weighted by atomic mass is 9.91. The first-order valence-corrected chi connectivity index (χ1v) is 10.5. The van der Waals surface area contributed by atoms with Crippen molar-refractivity contribution in [1.82, 2.24) is 9.97 Å². The highest BCUT2D eigenvalue weighted by Crippen LogP contribution is 2.39. The summed E-state index contributed by atoms with van der Waals surface area (Å²) >= 11 is 1.58. The van der Waals surface area contributed by atoms with Gasteiger partial charge in [0.25, 0.3) is 0 Å². The first-order valence-electron chi connectivity index (χ1n) is 9.67. The van der Waals surface area contributed by atoms with Gasteiger partial charge in [0.05, 0.1) is 28.9 Å². The van der Waals surface area contributed by atoms with Crippen molar-refractivity contribution in [3.63, 3.8) is 0 Å². The molecule has 0 amide bonds. The molecule has 0 radical (unpaired) electrons. The molecule has 2 aromatic heterocycles. The van der Waals surface area contributed by atoms with Crippen molar-refractivity contribution < 1.29 is 19.0 Å². The Balaban J connectivity index is 1.31. The highest BCUT2D eigenvalue weighted by atomic mass is 32.1. The van der Waals surface area contributed by atoms with Crippen LogP contribution in [-0.2, 0) is 13.0 Å². The van der Waals surface area contributed by atoms with Crippen LogP contribution >= 0.6 is 11.3 Å². The number of nitrogens with zero attached hydrogens (tertiary/aromatic N) is 2. The molecule has 0 bridgehead atoms. The molecule has 5 rings (SSSR count). The molecule has 5 nitrogen and oxygen atoms in total. The predicted molar refractivity (Wildman–Crippen MR) is 112 cm³/mol. The van der Waals surface area contributed by atoms with Gasteiger partial charge in [-0.1, -0.05) is 6.07 Å². The van der Waals surface area contributed by atoms with E-state index in [0.29, 0.717) is 24.5 Å². The molecule has 0 fully saturated rings. The SMILES string of the molecule is O[C@@H]1c2cc(OCc3ccc4cc(F)ccc4n3)ccc2OC[C@H]1Cc1nccs1. The third-order valence-corrected chi connectivity index (χ3v) is 6.02. The molecule has 0 spiro atoms. The monoisotopic (exact) mass is 422 g/mol. The van der Waals surface area contributed by atoms with Gasteiger partial charge in [-0.05, 0) is 42.5 Å². The van der Waals surface area contributed by atoms with Crippen molar-refractivity contribution in [1.29, 1.82) is 0 Å². The zero-order valence-electron chi connectivity index (χ0n) is 16.0. The second-order valence-corrected chi connectivity index (χ2v) is 8.25. The number of aromatic nitrogens is 2. The van der Waals surface area contributed by atoms with Gasteiger partial charge >= 0.3 is 0 Å². The van der Waals surface area contributed by atoms with Crippen LogP contribution in [-0.4, -0.2) is 21.7 Å². The van der Waals surface area contributed by atoms with Crippen LogP contribution in [0.3, 0.4) is 0 Å². The molecular weight excluding hydrogens is 403 g/mol. The van der Waals surface area contributed by atoms with E-state index in [1.807, 2.05) is 35.7 Å². The number of pyridine rings is 1. The van der Waals surface area contributed by atoms with Crippen LogP contribution in [0.1, 0.15) is 22.4 Å². The van der Waals surface area contributed by atoms with Gasteiger partial charge in [-0.15, -0.1) is 11.3 Å². The minimum Gasteiger partial charge on any atom is -0.493 e. The maximum atomic E-state index is 13.3. The van der Waals surface area contributed by atoms with Crippen molar-refractivity contribution in [3.05, 3.63) is 82.2 Å². The lowest BCUT2D eigenvalue weighted by Gasteiger charge is -2.30. The number of aliphatic hydroxyl groups is 1. The summed E-state index contributed by atoms with van der Waals surface area (Å²) in [7, 11) is 0. The van der Waals surface area contributed by atoms with Crippen LogP contribution in [0.25, 0.3) is 10.9 Å². The summed E-state index contributed by atoms with van der Waals surface area (Å²) in [5.74, 6) is 0.973. The summed E-state index contributed by atoms with van der Waals surface area (Å²) in [6.45, 7) is 0.723. The second kappa shape index (κ2) is 8.01. The van der Waals surface area contributed by atoms with E-state index >= 15 is 0 Å². The van der Waals surface area contributed by atoms with E-state index in [1.165, 1.54) is 12.1 Å². The summed E-state index contributed by atoms with van der Waals surface area (Å²) in [5.41, 5.74) is 2.18. The molecule has 1 N–H and O–H groups in total. The van der Waals surface area contributed by atoms with Crippen LogP contribution in [0.5, 0.6) is 11.5 Å². The number of fused-ring (bicyclic) bond motifs is 2. The number of hydrogen-bond donors (Lipinski definition) is 1. The molecule has 0 unspecified atom stereocenters. The standard InChI is InChI=1S/C23H19FN2O3S/c24-16-2-5-20-14(9-16)1-3-17(26-20)13-28-18-4-6-21-19(11-18)23(27)15(12-29-21)10-22-25-7-8-30-22/h1-9,11,15,23,27H,10,12-13H2/t15-,23+/m1/s1. The highest BCUT2D eigenvalue weighted by molar-refractivity contribution is 7.09.